The van der Waals surface area contributed by atoms with Gasteiger partial charge in [0.15, 0.2) is 6.29 Å². The van der Waals surface area contributed by atoms with Gasteiger partial charge in [0.05, 0.1) is 11.6 Å². The molecular weight excluding hydrogens is 262 g/mol. The van der Waals surface area contributed by atoms with E-state index in [4.69, 9.17) is 6.42 Å². The number of hydrogen-bond donors (Lipinski definition) is 0. The molecule has 1 atom stereocenters. The predicted octanol–water partition coefficient (Wildman–Crippen LogP) is 2.79. The lowest BCUT2D eigenvalue weighted by atomic mass is 10.1. The standard InChI is InChI=1S/C15H10F2N2O/c1-2-10-4-3-5-11(6-10)19-8-12(14(9-20)18-19)13-7-15(13,16)17/h1,3-6,8-9,13H,7H2/t13-/m0/s1. The number of aromatic nitrogens is 2. The minimum Gasteiger partial charge on any atom is -0.296 e. The molecule has 1 aliphatic carbocycles. The summed E-state index contributed by atoms with van der Waals surface area (Å²) in [4.78, 5) is 11.0. The summed E-state index contributed by atoms with van der Waals surface area (Å²) in [5.41, 5.74) is 1.64. The maximum atomic E-state index is 13.1. The van der Waals surface area contributed by atoms with Crippen molar-refractivity contribution >= 4 is 6.29 Å². The van der Waals surface area contributed by atoms with Crippen LogP contribution in [0.4, 0.5) is 8.78 Å². The summed E-state index contributed by atoms with van der Waals surface area (Å²) in [6.07, 6.45) is 7.07. The smallest absolute Gasteiger partial charge is 0.256 e. The van der Waals surface area contributed by atoms with Crippen molar-refractivity contribution in [2.24, 2.45) is 0 Å². The van der Waals surface area contributed by atoms with Crippen LogP contribution in [0.15, 0.2) is 30.5 Å². The zero-order valence-corrected chi connectivity index (χ0v) is 10.4. The zero-order valence-electron chi connectivity index (χ0n) is 10.4. The first-order chi connectivity index (χ1) is 9.55. The van der Waals surface area contributed by atoms with E-state index in [0.29, 0.717) is 17.5 Å². The molecule has 1 heterocycles. The maximum Gasteiger partial charge on any atom is 0.256 e. The van der Waals surface area contributed by atoms with Gasteiger partial charge in [0, 0.05) is 23.7 Å². The number of nitrogens with zero attached hydrogens (tertiary/aromatic N) is 2. The van der Waals surface area contributed by atoms with Gasteiger partial charge in [-0.1, -0.05) is 12.0 Å². The molecule has 100 valence electrons. The second-order valence-corrected chi connectivity index (χ2v) is 4.74. The van der Waals surface area contributed by atoms with E-state index in [9.17, 15) is 13.6 Å². The van der Waals surface area contributed by atoms with Crippen molar-refractivity contribution in [3.8, 4) is 18.0 Å². The summed E-state index contributed by atoms with van der Waals surface area (Å²) in [6, 6.07) is 6.95. The number of carbonyl (C=O) groups is 1. The van der Waals surface area contributed by atoms with E-state index in [1.165, 1.54) is 10.9 Å². The lowest BCUT2D eigenvalue weighted by Crippen LogP contribution is -1.96. The molecule has 20 heavy (non-hydrogen) atoms. The van der Waals surface area contributed by atoms with Gasteiger partial charge in [-0.3, -0.25) is 4.79 Å². The van der Waals surface area contributed by atoms with Crippen molar-refractivity contribution in [3.05, 3.63) is 47.3 Å². The summed E-state index contributed by atoms with van der Waals surface area (Å²) >= 11 is 0. The fourth-order valence-electron chi connectivity index (χ4n) is 2.18. The highest BCUT2D eigenvalue weighted by Crippen LogP contribution is 2.56. The van der Waals surface area contributed by atoms with Gasteiger partial charge in [-0.2, -0.15) is 5.10 Å². The van der Waals surface area contributed by atoms with Crippen molar-refractivity contribution in [1.29, 1.82) is 0 Å². The molecule has 0 aliphatic heterocycles. The average Bonchev–Trinajstić information content (AvgIpc) is 2.90. The van der Waals surface area contributed by atoms with Crippen molar-refractivity contribution < 1.29 is 13.6 Å². The highest BCUT2D eigenvalue weighted by molar-refractivity contribution is 5.75. The summed E-state index contributed by atoms with van der Waals surface area (Å²) < 4.78 is 27.7. The van der Waals surface area contributed by atoms with Crippen LogP contribution in [0.25, 0.3) is 5.69 Å². The van der Waals surface area contributed by atoms with Crippen molar-refractivity contribution in [2.45, 2.75) is 18.3 Å². The van der Waals surface area contributed by atoms with Gasteiger partial charge in [0.1, 0.15) is 5.69 Å². The molecule has 1 aromatic heterocycles. The number of hydrogen-bond acceptors (Lipinski definition) is 2. The highest BCUT2D eigenvalue weighted by atomic mass is 19.3. The molecule has 2 aromatic rings. The molecule has 1 saturated carbocycles. The van der Waals surface area contributed by atoms with E-state index < -0.39 is 11.8 Å². The number of alkyl halides is 2. The third kappa shape index (κ3) is 1.99. The molecule has 0 amide bonds. The highest BCUT2D eigenvalue weighted by Gasteiger charge is 2.58. The maximum absolute atomic E-state index is 13.1. The molecule has 3 nitrogen and oxygen atoms in total. The van der Waals surface area contributed by atoms with Crippen molar-refractivity contribution in [1.82, 2.24) is 9.78 Å². The average molecular weight is 272 g/mol. The Bertz CT molecular complexity index is 728. The van der Waals surface area contributed by atoms with E-state index in [0.717, 1.165) is 0 Å². The lowest BCUT2D eigenvalue weighted by molar-refractivity contribution is 0.110. The monoisotopic (exact) mass is 272 g/mol. The molecule has 1 fully saturated rings. The minimum atomic E-state index is -2.73. The zero-order chi connectivity index (χ0) is 14.3. The van der Waals surface area contributed by atoms with Crippen molar-refractivity contribution in [2.75, 3.05) is 0 Å². The quantitative estimate of drug-likeness (QED) is 0.636. The van der Waals surface area contributed by atoms with Crippen LogP contribution in [0.3, 0.4) is 0 Å². The van der Waals surface area contributed by atoms with Crippen LogP contribution in [0.2, 0.25) is 0 Å². The third-order valence-electron chi connectivity index (χ3n) is 3.36. The molecule has 0 unspecified atom stereocenters. The van der Waals surface area contributed by atoms with Crippen LogP contribution in [-0.4, -0.2) is 22.0 Å². The number of aldehydes is 1. The molecule has 3 rings (SSSR count). The van der Waals surface area contributed by atoms with Gasteiger partial charge in [-0.05, 0) is 18.2 Å². The van der Waals surface area contributed by atoms with Crippen LogP contribution in [0, 0.1) is 12.3 Å². The Morgan fingerprint density at radius 1 is 1.50 bits per heavy atom. The Kier molecular flexibility index (Phi) is 2.68. The molecule has 1 aromatic carbocycles. The number of terminal acetylenes is 1. The second-order valence-electron chi connectivity index (χ2n) is 4.74. The first kappa shape index (κ1) is 12.5. The number of halogens is 2. The van der Waals surface area contributed by atoms with Gasteiger partial charge in [-0.25, -0.2) is 13.5 Å². The van der Waals surface area contributed by atoms with Crippen molar-refractivity contribution in [3.63, 3.8) is 0 Å². The summed E-state index contributed by atoms with van der Waals surface area (Å²) in [7, 11) is 0. The molecule has 0 radical (unpaired) electrons. The first-order valence-electron chi connectivity index (χ1n) is 6.05. The van der Waals surface area contributed by atoms with E-state index in [1.807, 2.05) is 0 Å². The molecule has 0 N–H and O–H groups in total. The Morgan fingerprint density at radius 2 is 2.25 bits per heavy atom. The fraction of sp³-hybridized carbons (Fsp3) is 0.200. The van der Waals surface area contributed by atoms with E-state index >= 15 is 0 Å². The van der Waals surface area contributed by atoms with Crippen LogP contribution in [-0.2, 0) is 0 Å². The molecule has 0 bridgehead atoms. The van der Waals surface area contributed by atoms with Gasteiger partial charge in [0.2, 0.25) is 0 Å². The molecular formula is C15H10F2N2O. The molecule has 1 aliphatic rings. The molecule has 0 saturated heterocycles. The van der Waals surface area contributed by atoms with Crippen LogP contribution in [0.5, 0.6) is 0 Å². The Hall–Kier alpha value is -2.48. The number of rotatable bonds is 3. The Morgan fingerprint density at radius 3 is 2.85 bits per heavy atom. The molecule has 0 spiro atoms. The summed E-state index contributed by atoms with van der Waals surface area (Å²) in [6.45, 7) is 0. The van der Waals surface area contributed by atoms with Gasteiger partial charge in [-0.15, -0.1) is 6.42 Å². The van der Waals surface area contributed by atoms with Gasteiger partial charge >= 0.3 is 0 Å². The summed E-state index contributed by atoms with van der Waals surface area (Å²) in [5, 5.41) is 4.05. The largest absolute Gasteiger partial charge is 0.296 e. The predicted molar refractivity (Wildman–Crippen MR) is 69.2 cm³/mol. The van der Waals surface area contributed by atoms with Crippen LogP contribution >= 0.6 is 0 Å². The number of benzene rings is 1. The fourth-order valence-corrected chi connectivity index (χ4v) is 2.18. The topological polar surface area (TPSA) is 34.9 Å². The van der Waals surface area contributed by atoms with Gasteiger partial charge < -0.3 is 0 Å². The minimum absolute atomic E-state index is 0.0540. The summed E-state index contributed by atoms with van der Waals surface area (Å²) in [5.74, 6) is -1.15. The molecule has 5 heteroatoms. The lowest BCUT2D eigenvalue weighted by Gasteiger charge is -2.01. The number of carbonyl (C=O) groups excluding carboxylic acids is 1. The second kappa shape index (κ2) is 4.27. The first-order valence-corrected chi connectivity index (χ1v) is 6.05. The van der Waals surface area contributed by atoms with E-state index in [2.05, 4.69) is 11.0 Å². The third-order valence-corrected chi connectivity index (χ3v) is 3.36. The van der Waals surface area contributed by atoms with E-state index in [-0.39, 0.29) is 17.7 Å². The van der Waals surface area contributed by atoms with Gasteiger partial charge in [0.25, 0.3) is 5.92 Å². The van der Waals surface area contributed by atoms with E-state index in [1.54, 1.807) is 24.3 Å². The Balaban J connectivity index is 2.03. The van der Waals surface area contributed by atoms with Crippen LogP contribution < -0.4 is 0 Å². The Labute approximate surface area is 114 Å². The van der Waals surface area contributed by atoms with Crippen LogP contribution in [0.1, 0.15) is 34.0 Å². The SMILES string of the molecule is C#Cc1cccc(-n2cc([C@@H]3CC3(F)F)c(C=O)n2)c1. The normalized spacial score (nSPS) is 19.4.